The topological polar surface area (TPSA) is 179 Å². The molecule has 0 aromatic carbocycles. The van der Waals surface area contributed by atoms with Gasteiger partial charge in [0.15, 0.2) is 6.29 Å². The highest BCUT2D eigenvalue weighted by Gasteiger charge is 2.52. The quantitative estimate of drug-likeness (QED) is 0.225. The maximum atomic E-state index is 10.7. The largest absolute Gasteiger partial charge is 0.394 e. The van der Waals surface area contributed by atoms with Gasteiger partial charge in [-0.15, -0.1) is 0 Å². The van der Waals surface area contributed by atoms with Crippen molar-refractivity contribution in [3.63, 3.8) is 0 Å². The van der Waals surface area contributed by atoms with Crippen molar-refractivity contribution >= 4 is 0 Å². The third kappa shape index (κ3) is 5.24. The molecule has 192 valence electrons. The number of aliphatic hydroxyl groups is 7. The van der Waals surface area contributed by atoms with Crippen LogP contribution in [0, 0.1) is 11.8 Å². The molecule has 9 unspecified atom stereocenters. The summed E-state index contributed by atoms with van der Waals surface area (Å²) < 4.78 is 23.6. The Bertz CT molecular complexity index is 635. The van der Waals surface area contributed by atoms with Crippen LogP contribution in [0.4, 0.5) is 0 Å². The Morgan fingerprint density at radius 3 is 2.21 bits per heavy atom. The first-order valence-electron chi connectivity index (χ1n) is 11.9. The fourth-order valence-corrected chi connectivity index (χ4v) is 5.93. The first-order valence-corrected chi connectivity index (χ1v) is 11.9. The molecule has 4 fully saturated rings. The Balaban J connectivity index is 1.54. The zero-order chi connectivity index (χ0) is 23.9. The fourth-order valence-electron chi connectivity index (χ4n) is 5.93. The number of methoxy groups -OCH3 is 1. The van der Waals surface area contributed by atoms with Crippen molar-refractivity contribution in [2.45, 2.75) is 112 Å². The third-order valence-corrected chi connectivity index (χ3v) is 7.95. The first-order chi connectivity index (χ1) is 15.7. The number of aliphatic hydroxyl groups excluding tert-OH is 7. The Labute approximate surface area is 192 Å². The molecule has 0 amide bonds. The number of hydrogen-bond donors (Lipinski definition) is 7. The molecule has 11 nitrogen and oxygen atoms in total. The average molecular weight is 479 g/mol. The van der Waals surface area contributed by atoms with E-state index < -0.39 is 67.8 Å². The second-order valence-electron chi connectivity index (χ2n) is 10.0. The van der Waals surface area contributed by atoms with Gasteiger partial charge in [0.05, 0.1) is 49.3 Å². The minimum atomic E-state index is -1.56. The molecule has 0 aromatic heterocycles. The molecule has 2 saturated carbocycles. The molecule has 7 N–H and O–H groups in total. The zero-order valence-electron chi connectivity index (χ0n) is 18.8. The lowest BCUT2D eigenvalue weighted by Crippen LogP contribution is -2.62. The van der Waals surface area contributed by atoms with Crippen LogP contribution >= 0.6 is 0 Å². The van der Waals surface area contributed by atoms with Crippen LogP contribution in [-0.2, 0) is 18.9 Å². The zero-order valence-corrected chi connectivity index (χ0v) is 18.8. The molecule has 0 aromatic rings. The van der Waals surface area contributed by atoms with Gasteiger partial charge in [-0.05, 0) is 38.0 Å². The maximum Gasteiger partial charge on any atom is 0.187 e. The molecule has 0 spiro atoms. The summed E-state index contributed by atoms with van der Waals surface area (Å²) >= 11 is 0. The van der Waals surface area contributed by atoms with Gasteiger partial charge in [-0.1, -0.05) is 0 Å². The van der Waals surface area contributed by atoms with Crippen molar-refractivity contribution in [3.8, 4) is 0 Å². The second kappa shape index (κ2) is 10.7. The van der Waals surface area contributed by atoms with Gasteiger partial charge in [0, 0.05) is 19.4 Å². The van der Waals surface area contributed by atoms with Crippen LogP contribution in [0.25, 0.3) is 0 Å². The normalized spacial score (nSPS) is 53.5. The van der Waals surface area contributed by atoms with Gasteiger partial charge in [-0.25, -0.2) is 0 Å². The predicted octanol–water partition coefficient (Wildman–Crippen LogP) is -2.36. The lowest BCUT2D eigenvalue weighted by Gasteiger charge is -2.51. The molecule has 11 heteroatoms. The van der Waals surface area contributed by atoms with Crippen molar-refractivity contribution in [1.82, 2.24) is 0 Å². The lowest BCUT2D eigenvalue weighted by atomic mass is 9.72. The molecule has 0 radical (unpaired) electrons. The van der Waals surface area contributed by atoms with Crippen molar-refractivity contribution in [2.24, 2.45) is 11.8 Å². The number of hydrogen-bond acceptors (Lipinski definition) is 11. The van der Waals surface area contributed by atoms with Crippen LogP contribution in [-0.4, -0.2) is 123 Å². The molecule has 0 bridgehead atoms. The minimum Gasteiger partial charge on any atom is -0.394 e. The second-order valence-corrected chi connectivity index (χ2v) is 10.0. The van der Waals surface area contributed by atoms with Crippen LogP contribution in [0.15, 0.2) is 0 Å². The Hall–Kier alpha value is -0.440. The highest BCUT2D eigenvalue weighted by molar-refractivity contribution is 4.99. The minimum absolute atomic E-state index is 0.136. The van der Waals surface area contributed by atoms with Crippen LogP contribution in [0.2, 0.25) is 0 Å². The summed E-state index contributed by atoms with van der Waals surface area (Å²) in [5.41, 5.74) is 0. The Kier molecular flexibility index (Phi) is 8.29. The molecular formula is C22H38O11. The van der Waals surface area contributed by atoms with E-state index in [4.69, 9.17) is 18.9 Å². The molecule has 2 saturated heterocycles. The molecule has 2 aliphatic carbocycles. The smallest absolute Gasteiger partial charge is 0.187 e. The molecule has 14 atom stereocenters. The summed E-state index contributed by atoms with van der Waals surface area (Å²) in [6.45, 7) is -0.566. The van der Waals surface area contributed by atoms with E-state index >= 15 is 0 Å². The van der Waals surface area contributed by atoms with E-state index in [1.54, 1.807) is 7.11 Å². The van der Waals surface area contributed by atoms with E-state index in [9.17, 15) is 35.7 Å². The van der Waals surface area contributed by atoms with Crippen LogP contribution in [0.5, 0.6) is 0 Å². The third-order valence-electron chi connectivity index (χ3n) is 7.95. The predicted molar refractivity (Wildman–Crippen MR) is 111 cm³/mol. The average Bonchev–Trinajstić information content (AvgIpc) is 2.81. The summed E-state index contributed by atoms with van der Waals surface area (Å²) in [4.78, 5) is 0. The maximum absolute atomic E-state index is 10.7. The van der Waals surface area contributed by atoms with Gasteiger partial charge in [0.1, 0.15) is 24.4 Å². The Morgan fingerprint density at radius 1 is 0.788 bits per heavy atom. The standard InChI is InChI=1S/C22H38O11/c1-30-10-5-13(25)11-7-16(32-22-20(29)19(28)18(27)17(8-23)33-22)21(31-15(11)6-10)9-2-3-12(24)14(26)4-9/h9-29H,2-8H2,1H3/t9?,10?,11?,12?,13?,14?,15?,16?,17-,18+,19+,20-,21?,22-/m1/s1. The van der Waals surface area contributed by atoms with E-state index in [1.165, 1.54) is 0 Å². The van der Waals surface area contributed by atoms with Crippen molar-refractivity contribution in [2.75, 3.05) is 13.7 Å². The fraction of sp³-hybridized carbons (Fsp3) is 1.00. The summed E-state index contributed by atoms with van der Waals surface area (Å²) in [5.74, 6) is -0.374. The van der Waals surface area contributed by atoms with Gasteiger partial charge in [0.2, 0.25) is 0 Å². The number of ether oxygens (including phenoxy) is 4. The van der Waals surface area contributed by atoms with Crippen molar-refractivity contribution in [3.05, 3.63) is 0 Å². The van der Waals surface area contributed by atoms with Gasteiger partial charge >= 0.3 is 0 Å². The molecule has 4 rings (SSSR count). The summed E-state index contributed by atoms with van der Waals surface area (Å²) in [5, 5.41) is 71.1. The van der Waals surface area contributed by atoms with Gasteiger partial charge in [-0.2, -0.15) is 0 Å². The number of rotatable bonds is 5. The van der Waals surface area contributed by atoms with E-state index in [2.05, 4.69) is 0 Å². The molecular weight excluding hydrogens is 440 g/mol. The Morgan fingerprint density at radius 2 is 1.55 bits per heavy atom. The van der Waals surface area contributed by atoms with E-state index in [0.717, 1.165) is 0 Å². The van der Waals surface area contributed by atoms with E-state index in [1.807, 2.05) is 0 Å². The van der Waals surface area contributed by atoms with Crippen LogP contribution < -0.4 is 0 Å². The highest BCUT2D eigenvalue weighted by atomic mass is 16.7. The molecule has 4 aliphatic rings. The van der Waals surface area contributed by atoms with Crippen LogP contribution in [0.3, 0.4) is 0 Å². The van der Waals surface area contributed by atoms with Crippen molar-refractivity contribution in [1.29, 1.82) is 0 Å². The van der Waals surface area contributed by atoms with E-state index in [-0.39, 0.29) is 24.0 Å². The summed E-state index contributed by atoms with van der Waals surface area (Å²) in [6, 6.07) is 0. The SMILES string of the molecule is COC1CC(O)C2CC(O[C@@H]3O[C@H](CO)[C@H](O)[C@H](O)[C@H]3O)C(C3CCC(O)C(O)C3)OC2C1. The van der Waals surface area contributed by atoms with Crippen LogP contribution in [0.1, 0.15) is 38.5 Å². The monoisotopic (exact) mass is 478 g/mol. The summed E-state index contributed by atoms with van der Waals surface area (Å²) in [7, 11) is 1.60. The van der Waals surface area contributed by atoms with Gasteiger partial charge in [0.25, 0.3) is 0 Å². The molecule has 33 heavy (non-hydrogen) atoms. The molecule has 2 heterocycles. The molecule has 2 aliphatic heterocycles. The van der Waals surface area contributed by atoms with Crippen molar-refractivity contribution < 1.29 is 54.7 Å². The van der Waals surface area contributed by atoms with E-state index in [0.29, 0.717) is 38.5 Å². The first kappa shape index (κ1) is 25.6. The number of fused-ring (bicyclic) bond motifs is 1. The summed E-state index contributed by atoms with van der Waals surface area (Å²) in [6.07, 6.45) is -8.14. The van der Waals surface area contributed by atoms with Gasteiger partial charge < -0.3 is 54.7 Å². The lowest BCUT2D eigenvalue weighted by molar-refractivity contribution is -0.333. The highest BCUT2D eigenvalue weighted by Crippen LogP contribution is 2.43. The van der Waals surface area contributed by atoms with Gasteiger partial charge in [-0.3, -0.25) is 0 Å².